The van der Waals surface area contributed by atoms with Gasteiger partial charge in [-0.25, -0.2) is 0 Å². The van der Waals surface area contributed by atoms with Gasteiger partial charge in [-0.05, 0) is 70.4 Å². The summed E-state index contributed by atoms with van der Waals surface area (Å²) in [7, 11) is 2.05. The van der Waals surface area contributed by atoms with Crippen LogP contribution in [0, 0.1) is 13.8 Å². The molecule has 0 aliphatic rings. The first-order valence-corrected chi connectivity index (χ1v) is 8.60. The Morgan fingerprint density at radius 1 is 1.25 bits per heavy atom. The van der Waals surface area contributed by atoms with Gasteiger partial charge in [0.2, 0.25) is 0 Å². The molecule has 112 valence electrons. The highest BCUT2D eigenvalue weighted by Crippen LogP contribution is 2.16. The number of carbonyl (C=O) groups is 1. The molecule has 0 bridgehead atoms. The minimum Gasteiger partial charge on any atom is -0.294 e. The quantitative estimate of drug-likeness (QED) is 0.710. The molecule has 1 rings (SSSR count). The Hall–Kier alpha value is -0.800. The maximum absolute atomic E-state index is 12.6. The SMILES string of the molecule is CSCCC(C)N(C)C(C)C(=O)c1ccc(C)c(C)c1. The molecule has 0 radical (unpaired) electrons. The van der Waals surface area contributed by atoms with Gasteiger partial charge in [0.15, 0.2) is 5.78 Å². The van der Waals surface area contributed by atoms with Crippen LogP contribution in [0.15, 0.2) is 18.2 Å². The zero-order chi connectivity index (χ0) is 15.3. The molecule has 2 atom stereocenters. The maximum atomic E-state index is 12.6. The molecule has 0 fully saturated rings. The Kier molecular flexibility index (Phi) is 6.77. The molecule has 3 heteroatoms. The molecule has 0 N–H and O–H groups in total. The highest BCUT2D eigenvalue weighted by atomic mass is 32.2. The van der Waals surface area contributed by atoms with Crippen LogP contribution in [0.4, 0.5) is 0 Å². The van der Waals surface area contributed by atoms with Crippen LogP contribution in [0.2, 0.25) is 0 Å². The number of thioether (sulfide) groups is 1. The fourth-order valence-electron chi connectivity index (χ4n) is 2.19. The monoisotopic (exact) mass is 293 g/mol. The lowest BCUT2D eigenvalue weighted by molar-refractivity contribution is 0.0824. The fourth-order valence-corrected chi connectivity index (χ4v) is 2.77. The molecule has 0 heterocycles. The third-order valence-corrected chi connectivity index (χ3v) is 4.86. The van der Waals surface area contributed by atoms with Crippen molar-refractivity contribution in [1.29, 1.82) is 0 Å². The molecule has 2 nitrogen and oxygen atoms in total. The van der Waals surface area contributed by atoms with Crippen LogP contribution in [0.3, 0.4) is 0 Å². The van der Waals surface area contributed by atoms with E-state index in [0.717, 1.165) is 17.7 Å². The first-order valence-electron chi connectivity index (χ1n) is 7.20. The van der Waals surface area contributed by atoms with Crippen molar-refractivity contribution >= 4 is 17.5 Å². The van der Waals surface area contributed by atoms with Crippen LogP contribution in [-0.2, 0) is 0 Å². The molecule has 0 spiro atoms. The summed E-state index contributed by atoms with van der Waals surface area (Å²) in [6.45, 7) is 8.33. The number of aryl methyl sites for hydroxylation is 2. The average Bonchev–Trinajstić information content (AvgIpc) is 2.45. The molecule has 1 aromatic carbocycles. The zero-order valence-corrected chi connectivity index (χ0v) is 14.4. The van der Waals surface area contributed by atoms with E-state index in [4.69, 9.17) is 0 Å². The van der Waals surface area contributed by atoms with Crippen LogP contribution in [0.5, 0.6) is 0 Å². The molecule has 2 unspecified atom stereocenters. The summed E-state index contributed by atoms with van der Waals surface area (Å²) in [5.74, 6) is 1.35. The van der Waals surface area contributed by atoms with Crippen molar-refractivity contribution in [2.24, 2.45) is 0 Å². The second-order valence-electron chi connectivity index (χ2n) is 5.64. The Morgan fingerprint density at radius 3 is 2.45 bits per heavy atom. The van der Waals surface area contributed by atoms with Crippen molar-refractivity contribution in [3.05, 3.63) is 34.9 Å². The number of ketones is 1. The van der Waals surface area contributed by atoms with Gasteiger partial charge in [0.1, 0.15) is 0 Å². The number of benzene rings is 1. The predicted molar refractivity (Wildman–Crippen MR) is 89.9 cm³/mol. The highest BCUT2D eigenvalue weighted by molar-refractivity contribution is 7.98. The van der Waals surface area contributed by atoms with Crippen molar-refractivity contribution in [2.45, 2.75) is 46.2 Å². The van der Waals surface area contributed by atoms with Gasteiger partial charge in [0.25, 0.3) is 0 Å². The topological polar surface area (TPSA) is 20.3 Å². The number of rotatable bonds is 7. The minimum atomic E-state index is -0.0750. The zero-order valence-electron chi connectivity index (χ0n) is 13.6. The van der Waals surface area contributed by atoms with Crippen LogP contribution in [-0.4, -0.2) is 41.8 Å². The summed E-state index contributed by atoms with van der Waals surface area (Å²) in [6.07, 6.45) is 3.23. The number of likely N-dealkylation sites (N-methyl/N-ethyl adjacent to an activating group) is 1. The average molecular weight is 293 g/mol. The highest BCUT2D eigenvalue weighted by Gasteiger charge is 2.23. The van der Waals surface area contributed by atoms with Crippen molar-refractivity contribution in [2.75, 3.05) is 19.1 Å². The third kappa shape index (κ3) is 4.35. The van der Waals surface area contributed by atoms with Crippen LogP contribution in [0.25, 0.3) is 0 Å². The largest absolute Gasteiger partial charge is 0.294 e. The number of hydrogen-bond acceptors (Lipinski definition) is 3. The van der Waals surface area contributed by atoms with Gasteiger partial charge in [0, 0.05) is 11.6 Å². The number of Topliss-reactive ketones (excluding diaryl/α,β-unsaturated/α-hetero) is 1. The summed E-state index contributed by atoms with van der Waals surface area (Å²) in [5.41, 5.74) is 3.24. The second kappa shape index (κ2) is 7.84. The van der Waals surface area contributed by atoms with Crippen LogP contribution in [0.1, 0.15) is 41.8 Å². The number of carbonyl (C=O) groups excluding carboxylic acids is 1. The first-order chi connectivity index (χ1) is 9.38. The third-order valence-electron chi connectivity index (χ3n) is 4.22. The maximum Gasteiger partial charge on any atom is 0.179 e. The van der Waals surface area contributed by atoms with Crippen molar-refractivity contribution in [1.82, 2.24) is 4.90 Å². The van der Waals surface area contributed by atoms with Gasteiger partial charge in [-0.15, -0.1) is 0 Å². The van der Waals surface area contributed by atoms with Crippen LogP contribution >= 0.6 is 11.8 Å². The van der Waals surface area contributed by atoms with Crippen molar-refractivity contribution < 1.29 is 4.79 Å². The van der Waals surface area contributed by atoms with Gasteiger partial charge in [-0.1, -0.05) is 12.1 Å². The smallest absolute Gasteiger partial charge is 0.179 e. The van der Waals surface area contributed by atoms with Crippen molar-refractivity contribution in [3.8, 4) is 0 Å². The summed E-state index contributed by atoms with van der Waals surface area (Å²) in [6, 6.07) is 6.34. The van der Waals surface area contributed by atoms with Gasteiger partial charge in [-0.3, -0.25) is 9.69 Å². The lowest BCUT2D eigenvalue weighted by atomic mass is 9.99. The Morgan fingerprint density at radius 2 is 1.90 bits per heavy atom. The van der Waals surface area contributed by atoms with E-state index < -0.39 is 0 Å². The normalized spacial score (nSPS) is 14.3. The Labute approximate surface area is 127 Å². The summed E-state index contributed by atoms with van der Waals surface area (Å²) < 4.78 is 0. The summed E-state index contributed by atoms with van der Waals surface area (Å²) in [5, 5.41) is 0. The molecule has 1 aromatic rings. The predicted octanol–water partition coefficient (Wildman–Crippen LogP) is 3.95. The molecule has 0 saturated carbocycles. The van der Waals surface area contributed by atoms with E-state index in [1.54, 1.807) is 0 Å². The molecular formula is C17H27NOS. The fraction of sp³-hybridized carbons (Fsp3) is 0.588. The molecule has 20 heavy (non-hydrogen) atoms. The number of nitrogens with zero attached hydrogens (tertiary/aromatic N) is 1. The Bertz CT molecular complexity index is 458. The number of hydrogen-bond donors (Lipinski definition) is 0. The summed E-state index contributed by atoms with van der Waals surface area (Å²) >= 11 is 1.86. The minimum absolute atomic E-state index is 0.0750. The molecule has 0 aliphatic heterocycles. The molecular weight excluding hydrogens is 266 g/mol. The van der Waals surface area contributed by atoms with Crippen LogP contribution < -0.4 is 0 Å². The van der Waals surface area contributed by atoms with E-state index in [2.05, 4.69) is 39.0 Å². The van der Waals surface area contributed by atoms with E-state index in [-0.39, 0.29) is 11.8 Å². The van der Waals surface area contributed by atoms with Gasteiger partial charge < -0.3 is 0 Å². The van der Waals surface area contributed by atoms with E-state index in [9.17, 15) is 4.79 Å². The van der Waals surface area contributed by atoms with Crippen molar-refractivity contribution in [3.63, 3.8) is 0 Å². The lowest BCUT2D eigenvalue weighted by Crippen LogP contribution is -2.42. The van der Waals surface area contributed by atoms with Gasteiger partial charge in [0.05, 0.1) is 6.04 Å². The standard InChI is InChI=1S/C17H27NOS/c1-12-7-8-16(11-13(12)2)17(19)15(4)18(5)14(3)9-10-20-6/h7-8,11,14-15H,9-10H2,1-6H3. The van der Waals surface area contributed by atoms with Gasteiger partial charge >= 0.3 is 0 Å². The summed E-state index contributed by atoms with van der Waals surface area (Å²) in [4.78, 5) is 14.8. The molecule has 0 aliphatic carbocycles. The second-order valence-corrected chi connectivity index (χ2v) is 6.62. The first kappa shape index (κ1) is 17.3. The van der Waals surface area contributed by atoms with E-state index in [1.807, 2.05) is 36.9 Å². The lowest BCUT2D eigenvalue weighted by Gasteiger charge is -2.30. The van der Waals surface area contributed by atoms with E-state index in [0.29, 0.717) is 6.04 Å². The molecule has 0 amide bonds. The Balaban J connectivity index is 2.77. The molecule has 0 saturated heterocycles. The van der Waals surface area contributed by atoms with E-state index in [1.165, 1.54) is 11.1 Å². The molecule has 0 aromatic heterocycles. The van der Waals surface area contributed by atoms with E-state index >= 15 is 0 Å². The van der Waals surface area contributed by atoms with Gasteiger partial charge in [-0.2, -0.15) is 11.8 Å².